The van der Waals surface area contributed by atoms with Crippen LogP contribution in [0.15, 0.2) is 164 Å². The zero-order chi connectivity index (χ0) is 34.3. The van der Waals surface area contributed by atoms with Gasteiger partial charge in [-0.3, -0.25) is 4.98 Å². The van der Waals surface area contributed by atoms with Crippen LogP contribution in [0, 0.1) is 0 Å². The molecule has 0 amide bonds. The molecule has 0 bridgehead atoms. The van der Waals surface area contributed by atoms with E-state index < -0.39 is 0 Å². The van der Waals surface area contributed by atoms with Crippen molar-refractivity contribution >= 4 is 54.1 Å². The van der Waals surface area contributed by atoms with Crippen molar-refractivity contribution in [3.63, 3.8) is 0 Å². The Balaban J connectivity index is 1.24. The van der Waals surface area contributed by atoms with Gasteiger partial charge in [-0.2, -0.15) is 0 Å². The van der Waals surface area contributed by atoms with Crippen LogP contribution in [0.5, 0.6) is 0 Å². The standard InChI is InChI=1S/C49H36N2/c1-49(2,3)37-26-34-21-23-41-43(32-19-17-31(18-20-32)36-11-9-25-50-30-36)29-44(42-24-22-35(27-37)47(34)48(41)42)33-10-8-12-38(28-33)51-45-15-6-4-13-39(45)40-14-5-7-16-46(40)51/h4-30H,1-3H3. The predicted octanol–water partition coefficient (Wildman–Crippen LogP) is 13.4. The van der Waals surface area contributed by atoms with Crippen LogP contribution in [0.1, 0.15) is 26.3 Å². The van der Waals surface area contributed by atoms with E-state index in [0.29, 0.717) is 0 Å². The van der Waals surface area contributed by atoms with Gasteiger partial charge < -0.3 is 4.57 Å². The molecule has 0 aliphatic carbocycles. The molecule has 0 spiro atoms. The molecule has 8 aromatic carbocycles. The van der Waals surface area contributed by atoms with Crippen LogP contribution in [0.4, 0.5) is 0 Å². The largest absolute Gasteiger partial charge is 0.309 e. The number of benzene rings is 8. The molecule has 0 aliphatic heterocycles. The third-order valence-corrected chi connectivity index (χ3v) is 10.8. The Kier molecular flexibility index (Phi) is 6.47. The number of aromatic nitrogens is 2. The Bertz CT molecular complexity index is 2850. The van der Waals surface area contributed by atoms with Gasteiger partial charge in [0.1, 0.15) is 0 Å². The molecule has 242 valence electrons. The van der Waals surface area contributed by atoms with Gasteiger partial charge in [0.25, 0.3) is 0 Å². The van der Waals surface area contributed by atoms with E-state index in [1.54, 1.807) is 0 Å². The molecular formula is C49H36N2. The van der Waals surface area contributed by atoms with Crippen LogP contribution in [0.25, 0.3) is 93.2 Å². The molecule has 0 fully saturated rings. The number of fused-ring (bicyclic) bond motifs is 3. The number of para-hydroxylation sites is 2. The molecular weight excluding hydrogens is 617 g/mol. The van der Waals surface area contributed by atoms with Gasteiger partial charge in [-0.15, -0.1) is 0 Å². The average Bonchev–Trinajstić information content (AvgIpc) is 3.51. The normalized spacial score (nSPS) is 12.2. The van der Waals surface area contributed by atoms with Crippen molar-refractivity contribution in [1.29, 1.82) is 0 Å². The lowest BCUT2D eigenvalue weighted by Gasteiger charge is -2.23. The third kappa shape index (κ3) is 4.67. The molecule has 10 aromatic rings. The first-order chi connectivity index (χ1) is 24.9. The van der Waals surface area contributed by atoms with E-state index in [-0.39, 0.29) is 5.41 Å². The van der Waals surface area contributed by atoms with E-state index in [4.69, 9.17) is 0 Å². The Morgan fingerprint density at radius 2 is 1.06 bits per heavy atom. The molecule has 0 saturated carbocycles. The zero-order valence-corrected chi connectivity index (χ0v) is 29.0. The van der Waals surface area contributed by atoms with Crippen molar-refractivity contribution in [2.75, 3.05) is 0 Å². The Labute approximate surface area is 297 Å². The highest BCUT2D eigenvalue weighted by Gasteiger charge is 2.21. The lowest BCUT2D eigenvalue weighted by molar-refractivity contribution is 0.591. The Morgan fingerprint density at radius 3 is 1.69 bits per heavy atom. The molecule has 10 rings (SSSR count). The number of nitrogens with zero attached hydrogens (tertiary/aromatic N) is 2. The molecule has 2 aromatic heterocycles. The first-order valence-electron chi connectivity index (χ1n) is 17.8. The second-order valence-corrected chi connectivity index (χ2v) is 14.9. The molecule has 0 radical (unpaired) electrons. The lowest BCUT2D eigenvalue weighted by Crippen LogP contribution is -2.10. The topological polar surface area (TPSA) is 17.8 Å². The molecule has 0 saturated heterocycles. The van der Waals surface area contributed by atoms with E-state index >= 15 is 0 Å². The van der Waals surface area contributed by atoms with Gasteiger partial charge >= 0.3 is 0 Å². The monoisotopic (exact) mass is 652 g/mol. The summed E-state index contributed by atoms with van der Waals surface area (Å²) in [6.45, 7) is 6.90. The fourth-order valence-corrected chi connectivity index (χ4v) is 8.22. The van der Waals surface area contributed by atoms with Crippen molar-refractivity contribution < 1.29 is 0 Å². The summed E-state index contributed by atoms with van der Waals surface area (Å²) in [5, 5.41) is 10.4. The summed E-state index contributed by atoms with van der Waals surface area (Å²) >= 11 is 0. The molecule has 2 heterocycles. The SMILES string of the molecule is CC(C)(C)c1cc2ccc3c(-c4ccc(-c5cccnc5)cc4)cc(-c4cccc(-n5c6ccccc6c6ccccc65)c4)c4ccc(c1)c2c34. The summed E-state index contributed by atoms with van der Waals surface area (Å²) in [5.74, 6) is 0. The highest BCUT2D eigenvalue weighted by Crippen LogP contribution is 2.46. The average molecular weight is 653 g/mol. The minimum atomic E-state index is 0.0596. The van der Waals surface area contributed by atoms with Gasteiger partial charge in [0, 0.05) is 28.9 Å². The van der Waals surface area contributed by atoms with Gasteiger partial charge in [-0.25, -0.2) is 0 Å². The number of hydrogen-bond donors (Lipinski definition) is 0. The van der Waals surface area contributed by atoms with Crippen LogP contribution in [-0.4, -0.2) is 9.55 Å². The van der Waals surface area contributed by atoms with E-state index in [1.165, 1.54) is 87.5 Å². The number of pyridine rings is 1. The van der Waals surface area contributed by atoms with Crippen LogP contribution in [0.2, 0.25) is 0 Å². The van der Waals surface area contributed by atoms with Crippen LogP contribution in [0.3, 0.4) is 0 Å². The maximum atomic E-state index is 4.35. The quantitative estimate of drug-likeness (QED) is 0.173. The van der Waals surface area contributed by atoms with E-state index in [0.717, 1.165) is 11.3 Å². The Morgan fingerprint density at radius 1 is 0.451 bits per heavy atom. The predicted molar refractivity (Wildman–Crippen MR) is 217 cm³/mol. The van der Waals surface area contributed by atoms with E-state index in [9.17, 15) is 0 Å². The highest BCUT2D eigenvalue weighted by molar-refractivity contribution is 6.28. The summed E-state index contributed by atoms with van der Waals surface area (Å²) in [5.41, 5.74) is 12.2. The molecule has 0 unspecified atom stereocenters. The molecule has 51 heavy (non-hydrogen) atoms. The summed E-state index contributed by atoms with van der Waals surface area (Å²) in [4.78, 5) is 4.35. The van der Waals surface area contributed by atoms with E-state index in [1.807, 2.05) is 18.5 Å². The van der Waals surface area contributed by atoms with Crippen LogP contribution < -0.4 is 0 Å². The second-order valence-electron chi connectivity index (χ2n) is 14.9. The summed E-state index contributed by atoms with van der Waals surface area (Å²) < 4.78 is 2.41. The second kappa shape index (κ2) is 11.1. The van der Waals surface area contributed by atoms with Gasteiger partial charge in [0.2, 0.25) is 0 Å². The molecule has 0 atom stereocenters. The zero-order valence-electron chi connectivity index (χ0n) is 29.0. The molecule has 2 heteroatoms. The minimum absolute atomic E-state index is 0.0596. The highest BCUT2D eigenvalue weighted by atomic mass is 15.0. The van der Waals surface area contributed by atoms with Crippen molar-refractivity contribution in [3.8, 4) is 39.1 Å². The maximum absolute atomic E-state index is 4.35. The van der Waals surface area contributed by atoms with E-state index in [2.05, 4.69) is 176 Å². The number of rotatable bonds is 4. The van der Waals surface area contributed by atoms with Crippen molar-refractivity contribution in [2.24, 2.45) is 0 Å². The van der Waals surface area contributed by atoms with Gasteiger partial charge in [-0.05, 0) is 113 Å². The first-order valence-corrected chi connectivity index (χ1v) is 17.8. The Hall–Kier alpha value is -6.25. The van der Waals surface area contributed by atoms with Crippen LogP contribution in [-0.2, 0) is 5.41 Å². The summed E-state index contributed by atoms with van der Waals surface area (Å²) in [6.07, 6.45) is 3.75. The molecule has 0 aliphatic rings. The van der Waals surface area contributed by atoms with Crippen molar-refractivity contribution in [1.82, 2.24) is 9.55 Å². The lowest BCUT2D eigenvalue weighted by atomic mass is 9.81. The fraction of sp³-hybridized carbons (Fsp3) is 0.0816. The van der Waals surface area contributed by atoms with Gasteiger partial charge in [0.05, 0.1) is 11.0 Å². The van der Waals surface area contributed by atoms with Crippen molar-refractivity contribution in [2.45, 2.75) is 26.2 Å². The first kappa shape index (κ1) is 29.6. The molecule has 0 N–H and O–H groups in total. The summed E-state index contributed by atoms with van der Waals surface area (Å²) in [6, 6.07) is 56.3. The summed E-state index contributed by atoms with van der Waals surface area (Å²) in [7, 11) is 0. The van der Waals surface area contributed by atoms with Gasteiger partial charge in [-0.1, -0.05) is 136 Å². The smallest absolute Gasteiger partial charge is 0.0541 e. The minimum Gasteiger partial charge on any atom is -0.309 e. The molecule has 2 nitrogen and oxygen atoms in total. The van der Waals surface area contributed by atoms with Gasteiger partial charge in [0.15, 0.2) is 0 Å². The van der Waals surface area contributed by atoms with Crippen LogP contribution >= 0.6 is 0 Å². The fourth-order valence-electron chi connectivity index (χ4n) is 8.22. The van der Waals surface area contributed by atoms with Crippen molar-refractivity contribution in [3.05, 3.63) is 170 Å². The number of hydrogen-bond acceptors (Lipinski definition) is 1. The maximum Gasteiger partial charge on any atom is 0.0541 e. The third-order valence-electron chi connectivity index (χ3n) is 10.8.